The summed E-state index contributed by atoms with van der Waals surface area (Å²) < 4.78 is 5.63. The maximum absolute atomic E-state index is 9.05. The Labute approximate surface area is 106 Å². The van der Waals surface area contributed by atoms with Crippen molar-refractivity contribution in [2.24, 2.45) is 0 Å². The first-order valence-corrected chi connectivity index (χ1v) is 5.66. The Bertz CT molecular complexity index is 517. The van der Waals surface area contributed by atoms with E-state index in [0.717, 1.165) is 11.3 Å². The summed E-state index contributed by atoms with van der Waals surface area (Å²) in [4.78, 5) is 4.16. The lowest BCUT2D eigenvalue weighted by atomic mass is 9.79. The molecule has 1 aromatic heterocycles. The summed E-state index contributed by atoms with van der Waals surface area (Å²) in [6.07, 6.45) is 1.72. The average Bonchev–Trinajstić information content (AvgIpc) is 2.38. The highest BCUT2D eigenvalue weighted by molar-refractivity contribution is 6.58. The topological polar surface area (TPSA) is 62.6 Å². The lowest BCUT2D eigenvalue weighted by Gasteiger charge is -2.10. The molecule has 0 unspecified atom stereocenters. The monoisotopic (exact) mass is 243 g/mol. The van der Waals surface area contributed by atoms with Gasteiger partial charge in [0.15, 0.2) is 0 Å². The molecule has 2 rings (SSSR count). The van der Waals surface area contributed by atoms with E-state index in [0.29, 0.717) is 17.8 Å². The van der Waals surface area contributed by atoms with Gasteiger partial charge in [-0.05, 0) is 36.1 Å². The molecule has 0 saturated heterocycles. The van der Waals surface area contributed by atoms with E-state index in [1.807, 2.05) is 25.1 Å². The molecule has 0 aliphatic rings. The van der Waals surface area contributed by atoms with E-state index in [2.05, 4.69) is 4.98 Å². The fourth-order valence-corrected chi connectivity index (χ4v) is 1.63. The summed E-state index contributed by atoms with van der Waals surface area (Å²) in [7, 11) is -1.45. The lowest BCUT2D eigenvalue weighted by molar-refractivity contribution is 0.299. The Balaban J connectivity index is 2.06. The highest BCUT2D eigenvalue weighted by atomic mass is 16.5. The molecule has 1 aromatic carbocycles. The van der Waals surface area contributed by atoms with Crippen LogP contribution in [0.5, 0.6) is 5.75 Å². The Morgan fingerprint density at radius 3 is 2.67 bits per heavy atom. The number of ether oxygens (including phenoxy) is 1. The normalized spacial score (nSPS) is 10.2. The van der Waals surface area contributed by atoms with Crippen LogP contribution in [0.4, 0.5) is 0 Å². The van der Waals surface area contributed by atoms with Gasteiger partial charge in [0.2, 0.25) is 0 Å². The number of hydrogen-bond acceptors (Lipinski definition) is 4. The molecule has 18 heavy (non-hydrogen) atoms. The van der Waals surface area contributed by atoms with E-state index in [1.54, 1.807) is 24.4 Å². The SMILES string of the molecule is Cc1cc(B(O)O)ccc1OCc1ccccn1. The zero-order chi connectivity index (χ0) is 13.0. The largest absolute Gasteiger partial charge is 0.488 e. The molecule has 0 amide bonds. The summed E-state index contributed by atoms with van der Waals surface area (Å²) in [6, 6.07) is 10.7. The molecule has 1 heterocycles. The number of nitrogens with zero attached hydrogens (tertiary/aromatic N) is 1. The first-order valence-electron chi connectivity index (χ1n) is 5.66. The molecule has 0 aliphatic heterocycles. The van der Waals surface area contributed by atoms with Crippen molar-refractivity contribution in [2.45, 2.75) is 13.5 Å². The lowest BCUT2D eigenvalue weighted by Crippen LogP contribution is -2.29. The molecule has 0 saturated carbocycles. The predicted octanol–water partition coefficient (Wildman–Crippen LogP) is 0.649. The number of aryl methyl sites for hydroxylation is 1. The standard InChI is InChI=1S/C13H14BNO3/c1-10-8-11(14(16)17)5-6-13(10)18-9-12-4-2-3-7-15-12/h2-8,16-17H,9H2,1H3. The van der Waals surface area contributed by atoms with E-state index in [1.165, 1.54) is 0 Å². The van der Waals surface area contributed by atoms with Gasteiger partial charge < -0.3 is 14.8 Å². The van der Waals surface area contributed by atoms with Gasteiger partial charge >= 0.3 is 7.12 Å². The fraction of sp³-hybridized carbons (Fsp3) is 0.154. The van der Waals surface area contributed by atoms with Crippen LogP contribution in [0, 0.1) is 6.92 Å². The van der Waals surface area contributed by atoms with Gasteiger partial charge in [0.1, 0.15) is 12.4 Å². The zero-order valence-corrected chi connectivity index (χ0v) is 10.1. The van der Waals surface area contributed by atoms with Crippen molar-refractivity contribution in [1.82, 2.24) is 4.98 Å². The predicted molar refractivity (Wildman–Crippen MR) is 69.6 cm³/mol. The van der Waals surface area contributed by atoms with Gasteiger partial charge in [0.25, 0.3) is 0 Å². The van der Waals surface area contributed by atoms with Crippen molar-refractivity contribution in [2.75, 3.05) is 0 Å². The van der Waals surface area contributed by atoms with Gasteiger partial charge in [-0.25, -0.2) is 0 Å². The third-order valence-electron chi connectivity index (χ3n) is 2.60. The molecule has 4 nitrogen and oxygen atoms in total. The molecule has 92 valence electrons. The molecule has 0 aliphatic carbocycles. The van der Waals surface area contributed by atoms with E-state index >= 15 is 0 Å². The van der Waals surface area contributed by atoms with Crippen LogP contribution in [-0.2, 0) is 6.61 Å². The van der Waals surface area contributed by atoms with Crippen molar-refractivity contribution in [3.8, 4) is 5.75 Å². The second-order valence-electron chi connectivity index (χ2n) is 4.01. The van der Waals surface area contributed by atoms with Crippen molar-refractivity contribution in [3.63, 3.8) is 0 Å². The first kappa shape index (κ1) is 12.6. The molecule has 0 atom stereocenters. The quantitative estimate of drug-likeness (QED) is 0.774. The van der Waals surface area contributed by atoms with E-state index < -0.39 is 7.12 Å². The van der Waals surface area contributed by atoms with Crippen LogP contribution in [0.2, 0.25) is 0 Å². The molecular weight excluding hydrogens is 229 g/mol. The minimum absolute atomic E-state index is 0.392. The third-order valence-corrected chi connectivity index (χ3v) is 2.60. The number of aromatic nitrogens is 1. The van der Waals surface area contributed by atoms with Crippen LogP contribution in [0.15, 0.2) is 42.6 Å². The number of rotatable bonds is 4. The Morgan fingerprint density at radius 2 is 2.06 bits per heavy atom. The zero-order valence-electron chi connectivity index (χ0n) is 10.1. The molecule has 0 bridgehead atoms. The second kappa shape index (κ2) is 5.66. The van der Waals surface area contributed by atoms with E-state index in [9.17, 15) is 0 Å². The second-order valence-corrected chi connectivity index (χ2v) is 4.01. The van der Waals surface area contributed by atoms with Gasteiger partial charge in [0.05, 0.1) is 5.69 Å². The van der Waals surface area contributed by atoms with E-state index in [-0.39, 0.29) is 0 Å². The maximum Gasteiger partial charge on any atom is 0.488 e. The summed E-state index contributed by atoms with van der Waals surface area (Å²) in [5, 5.41) is 18.1. The van der Waals surface area contributed by atoms with Crippen LogP contribution in [-0.4, -0.2) is 22.2 Å². The summed E-state index contributed by atoms with van der Waals surface area (Å²) in [6.45, 7) is 2.25. The molecule has 5 heteroatoms. The van der Waals surface area contributed by atoms with Gasteiger partial charge in [0, 0.05) is 6.20 Å². The highest BCUT2D eigenvalue weighted by Gasteiger charge is 2.12. The number of hydrogen-bond donors (Lipinski definition) is 2. The van der Waals surface area contributed by atoms with Gasteiger partial charge in [-0.1, -0.05) is 18.2 Å². The maximum atomic E-state index is 9.05. The van der Waals surface area contributed by atoms with Gasteiger partial charge in [-0.3, -0.25) is 4.98 Å². The fourth-order valence-electron chi connectivity index (χ4n) is 1.63. The van der Waals surface area contributed by atoms with Crippen LogP contribution < -0.4 is 10.2 Å². The molecule has 0 spiro atoms. The number of pyridine rings is 1. The molecule has 0 fully saturated rings. The minimum Gasteiger partial charge on any atom is -0.487 e. The van der Waals surface area contributed by atoms with Gasteiger partial charge in [-0.15, -0.1) is 0 Å². The van der Waals surface area contributed by atoms with Crippen LogP contribution in [0.25, 0.3) is 0 Å². The summed E-state index contributed by atoms with van der Waals surface area (Å²) in [5.41, 5.74) is 2.16. The highest BCUT2D eigenvalue weighted by Crippen LogP contribution is 2.16. The summed E-state index contributed by atoms with van der Waals surface area (Å²) in [5.74, 6) is 0.713. The Hall–Kier alpha value is -1.85. The Morgan fingerprint density at radius 1 is 1.22 bits per heavy atom. The molecule has 2 N–H and O–H groups in total. The van der Waals surface area contributed by atoms with E-state index in [4.69, 9.17) is 14.8 Å². The van der Waals surface area contributed by atoms with Crippen molar-refractivity contribution in [1.29, 1.82) is 0 Å². The van der Waals surface area contributed by atoms with Crippen molar-refractivity contribution in [3.05, 3.63) is 53.9 Å². The molecule has 0 radical (unpaired) electrons. The van der Waals surface area contributed by atoms with Crippen molar-refractivity contribution < 1.29 is 14.8 Å². The molecular formula is C13H14BNO3. The van der Waals surface area contributed by atoms with Crippen LogP contribution in [0.1, 0.15) is 11.3 Å². The average molecular weight is 243 g/mol. The third kappa shape index (κ3) is 3.09. The smallest absolute Gasteiger partial charge is 0.487 e. The molecule has 2 aromatic rings. The minimum atomic E-state index is -1.45. The Kier molecular flexibility index (Phi) is 3.97. The van der Waals surface area contributed by atoms with Gasteiger partial charge in [-0.2, -0.15) is 0 Å². The summed E-state index contributed by atoms with van der Waals surface area (Å²) >= 11 is 0. The number of benzene rings is 1. The first-order chi connectivity index (χ1) is 8.66. The van der Waals surface area contributed by atoms with Crippen LogP contribution in [0.3, 0.4) is 0 Å². The van der Waals surface area contributed by atoms with Crippen LogP contribution >= 0.6 is 0 Å². The van der Waals surface area contributed by atoms with Crippen molar-refractivity contribution >= 4 is 12.6 Å².